The number of aryl methyl sites for hydroxylation is 1. The van der Waals surface area contributed by atoms with E-state index in [1.54, 1.807) is 13.1 Å². The summed E-state index contributed by atoms with van der Waals surface area (Å²) in [4.78, 5) is 30.9. The number of carbonyl (C=O) groups excluding carboxylic acids is 2. The van der Waals surface area contributed by atoms with Gasteiger partial charge in [-0.2, -0.15) is 0 Å². The SMILES string of the molecule is Cc1ccc(NC(=O)CN(C)C(=O)[C@@H](C)N2CCN(Cc3ccccc3F)CC2)cc1. The third-order valence-corrected chi connectivity index (χ3v) is 5.76. The molecule has 0 radical (unpaired) electrons. The first-order valence-corrected chi connectivity index (χ1v) is 10.6. The summed E-state index contributed by atoms with van der Waals surface area (Å²) in [5, 5.41) is 2.82. The molecule has 0 aromatic heterocycles. The normalized spacial score (nSPS) is 16.0. The molecule has 2 amide bonds. The van der Waals surface area contributed by atoms with Crippen LogP contribution in [-0.4, -0.2) is 72.3 Å². The zero-order valence-corrected chi connectivity index (χ0v) is 18.5. The second-order valence-electron chi connectivity index (χ2n) is 8.19. The van der Waals surface area contributed by atoms with Gasteiger partial charge in [-0.25, -0.2) is 4.39 Å². The van der Waals surface area contributed by atoms with Crippen molar-refractivity contribution >= 4 is 17.5 Å². The van der Waals surface area contributed by atoms with Crippen LogP contribution in [-0.2, 0) is 16.1 Å². The summed E-state index contributed by atoms with van der Waals surface area (Å²) in [6, 6.07) is 14.1. The highest BCUT2D eigenvalue weighted by Gasteiger charge is 2.28. The molecule has 1 N–H and O–H groups in total. The van der Waals surface area contributed by atoms with E-state index in [-0.39, 0.29) is 30.2 Å². The molecule has 31 heavy (non-hydrogen) atoms. The van der Waals surface area contributed by atoms with Crippen molar-refractivity contribution in [1.29, 1.82) is 0 Å². The molecule has 0 unspecified atom stereocenters. The van der Waals surface area contributed by atoms with E-state index in [4.69, 9.17) is 0 Å². The van der Waals surface area contributed by atoms with Crippen LogP contribution in [0, 0.1) is 12.7 Å². The molecule has 1 aliphatic rings. The number of anilines is 1. The lowest BCUT2D eigenvalue weighted by molar-refractivity contribution is -0.138. The van der Waals surface area contributed by atoms with Gasteiger partial charge in [0, 0.05) is 51.0 Å². The molecule has 0 spiro atoms. The van der Waals surface area contributed by atoms with Crippen molar-refractivity contribution in [3.8, 4) is 0 Å². The largest absolute Gasteiger partial charge is 0.335 e. The maximum Gasteiger partial charge on any atom is 0.243 e. The lowest BCUT2D eigenvalue weighted by atomic mass is 10.1. The highest BCUT2D eigenvalue weighted by atomic mass is 19.1. The molecule has 0 bridgehead atoms. The van der Waals surface area contributed by atoms with Crippen LogP contribution >= 0.6 is 0 Å². The van der Waals surface area contributed by atoms with E-state index in [1.807, 2.05) is 50.2 Å². The lowest BCUT2D eigenvalue weighted by Gasteiger charge is -2.38. The van der Waals surface area contributed by atoms with Crippen molar-refractivity contribution in [2.24, 2.45) is 0 Å². The molecule has 2 aromatic rings. The number of nitrogens with one attached hydrogen (secondary N) is 1. The quantitative estimate of drug-likeness (QED) is 0.740. The molecule has 3 rings (SSSR count). The summed E-state index contributed by atoms with van der Waals surface area (Å²) in [7, 11) is 1.65. The number of nitrogens with zero attached hydrogens (tertiary/aromatic N) is 3. The van der Waals surface area contributed by atoms with Gasteiger partial charge in [0.1, 0.15) is 5.82 Å². The van der Waals surface area contributed by atoms with Gasteiger partial charge in [-0.15, -0.1) is 0 Å². The van der Waals surface area contributed by atoms with Gasteiger partial charge >= 0.3 is 0 Å². The predicted molar refractivity (Wildman–Crippen MR) is 120 cm³/mol. The Morgan fingerprint density at radius 1 is 1.06 bits per heavy atom. The van der Waals surface area contributed by atoms with E-state index in [0.717, 1.165) is 37.4 Å². The fraction of sp³-hybridized carbons (Fsp3) is 0.417. The van der Waals surface area contributed by atoms with Crippen molar-refractivity contribution in [3.63, 3.8) is 0 Å². The third-order valence-electron chi connectivity index (χ3n) is 5.76. The second kappa shape index (κ2) is 10.5. The van der Waals surface area contributed by atoms with Crippen LogP contribution in [0.2, 0.25) is 0 Å². The predicted octanol–water partition coefficient (Wildman–Crippen LogP) is 2.74. The molecule has 1 heterocycles. The number of carbonyl (C=O) groups is 2. The number of amides is 2. The Morgan fingerprint density at radius 2 is 1.71 bits per heavy atom. The van der Waals surface area contributed by atoms with Crippen molar-refractivity contribution in [2.45, 2.75) is 26.4 Å². The minimum Gasteiger partial charge on any atom is -0.335 e. The maximum atomic E-state index is 13.9. The van der Waals surface area contributed by atoms with Crippen LogP contribution in [0.4, 0.5) is 10.1 Å². The number of rotatable bonds is 7. The van der Waals surface area contributed by atoms with Gasteiger partial charge in [-0.3, -0.25) is 19.4 Å². The standard InChI is InChI=1S/C24H31FN4O2/c1-18-8-10-21(11-9-18)26-23(30)17-27(3)24(31)19(2)29-14-12-28(13-15-29)16-20-6-4-5-7-22(20)25/h4-11,19H,12-17H2,1-3H3,(H,26,30)/t19-/m1/s1. The average molecular weight is 427 g/mol. The van der Waals surface area contributed by atoms with Gasteiger partial charge in [0.05, 0.1) is 12.6 Å². The Bertz CT molecular complexity index is 895. The molecule has 1 aliphatic heterocycles. The van der Waals surface area contributed by atoms with Crippen molar-refractivity contribution in [3.05, 3.63) is 65.5 Å². The fourth-order valence-electron chi connectivity index (χ4n) is 3.78. The Hall–Kier alpha value is -2.77. The summed E-state index contributed by atoms with van der Waals surface area (Å²) in [6.07, 6.45) is 0. The molecule has 2 aromatic carbocycles. The van der Waals surface area contributed by atoms with Gasteiger partial charge in [0.2, 0.25) is 11.8 Å². The van der Waals surface area contributed by atoms with Gasteiger partial charge in [0.15, 0.2) is 0 Å². The van der Waals surface area contributed by atoms with Gasteiger partial charge in [0.25, 0.3) is 0 Å². The third kappa shape index (κ3) is 6.35. The summed E-state index contributed by atoms with van der Waals surface area (Å²) in [6.45, 7) is 7.43. The van der Waals surface area contributed by atoms with E-state index in [9.17, 15) is 14.0 Å². The van der Waals surface area contributed by atoms with Crippen molar-refractivity contribution in [2.75, 3.05) is 45.1 Å². The van der Waals surface area contributed by atoms with Gasteiger partial charge in [-0.1, -0.05) is 35.9 Å². The maximum absolute atomic E-state index is 13.9. The number of benzene rings is 2. The first kappa shape index (κ1) is 22.9. The van der Waals surface area contributed by atoms with Crippen molar-refractivity contribution in [1.82, 2.24) is 14.7 Å². The van der Waals surface area contributed by atoms with E-state index in [2.05, 4.69) is 15.1 Å². The molecule has 166 valence electrons. The molecule has 0 saturated carbocycles. The Morgan fingerprint density at radius 3 is 2.35 bits per heavy atom. The number of hydrogen-bond acceptors (Lipinski definition) is 4. The van der Waals surface area contributed by atoms with E-state index in [0.29, 0.717) is 12.1 Å². The zero-order chi connectivity index (χ0) is 22.4. The van der Waals surface area contributed by atoms with Crippen molar-refractivity contribution < 1.29 is 14.0 Å². The van der Waals surface area contributed by atoms with Crippen LogP contribution in [0.1, 0.15) is 18.1 Å². The minimum atomic E-state index is -0.312. The van der Waals surface area contributed by atoms with E-state index < -0.39 is 0 Å². The molecule has 6 nitrogen and oxygen atoms in total. The van der Waals surface area contributed by atoms with Gasteiger partial charge < -0.3 is 10.2 Å². The topological polar surface area (TPSA) is 55.9 Å². The molecule has 1 saturated heterocycles. The molecule has 1 fully saturated rings. The highest BCUT2D eigenvalue weighted by molar-refractivity contribution is 5.95. The number of likely N-dealkylation sites (N-methyl/N-ethyl adjacent to an activating group) is 1. The summed E-state index contributed by atoms with van der Waals surface area (Å²) in [5.74, 6) is -0.484. The van der Waals surface area contributed by atoms with E-state index >= 15 is 0 Å². The molecule has 1 atom stereocenters. The second-order valence-corrected chi connectivity index (χ2v) is 8.19. The molecular weight excluding hydrogens is 395 g/mol. The van der Waals surface area contributed by atoms with Crippen LogP contribution in [0.25, 0.3) is 0 Å². The van der Waals surface area contributed by atoms with E-state index in [1.165, 1.54) is 11.0 Å². The zero-order valence-electron chi connectivity index (χ0n) is 18.5. The monoisotopic (exact) mass is 426 g/mol. The smallest absolute Gasteiger partial charge is 0.243 e. The lowest BCUT2D eigenvalue weighted by Crippen LogP contribution is -2.54. The van der Waals surface area contributed by atoms with Crippen LogP contribution in [0.3, 0.4) is 0 Å². The van der Waals surface area contributed by atoms with Crippen LogP contribution < -0.4 is 5.32 Å². The first-order chi connectivity index (χ1) is 14.8. The number of halogens is 1. The molecule has 7 heteroatoms. The summed E-state index contributed by atoms with van der Waals surface area (Å²) >= 11 is 0. The van der Waals surface area contributed by atoms with Crippen LogP contribution in [0.15, 0.2) is 48.5 Å². The van der Waals surface area contributed by atoms with Crippen LogP contribution in [0.5, 0.6) is 0 Å². The summed E-state index contributed by atoms with van der Waals surface area (Å²) < 4.78 is 13.9. The minimum absolute atomic E-state index is 0.00426. The Balaban J connectivity index is 1.45. The number of hydrogen-bond donors (Lipinski definition) is 1. The average Bonchev–Trinajstić information content (AvgIpc) is 2.76. The highest BCUT2D eigenvalue weighted by Crippen LogP contribution is 2.14. The Labute approximate surface area is 183 Å². The number of piperazine rings is 1. The fourth-order valence-corrected chi connectivity index (χ4v) is 3.78. The van der Waals surface area contributed by atoms with Gasteiger partial charge in [-0.05, 0) is 32.0 Å². The Kier molecular flexibility index (Phi) is 7.76. The first-order valence-electron chi connectivity index (χ1n) is 10.6. The summed E-state index contributed by atoms with van der Waals surface area (Å²) in [5.41, 5.74) is 2.53. The molecular formula is C24H31FN4O2. The molecule has 0 aliphatic carbocycles.